The Morgan fingerprint density at radius 3 is 1.71 bits per heavy atom. The standard InChI is InChI=1S/C23H35Si.3ClH.Ti/c1-9-10-11-12-21-14(2)13-22(20(21)8)24-23-18(6)16(4)15(3)17(5)19(23)7;;;;/h20H,9-12,24H2,1-8H3;3*1H;/q-1;;;;+4/p-3. The molecule has 0 heterocycles. The first-order chi connectivity index (χ1) is 11.3. The number of halogens is 3. The van der Waals surface area contributed by atoms with Gasteiger partial charge in [-0.3, -0.25) is 6.08 Å². The van der Waals surface area contributed by atoms with Crippen molar-refractivity contribution in [3.8, 4) is 0 Å². The SMILES string of the molecule is CCCCCC1=C(C)[C-]=C([SiH2]c2c(C)c(C)c(C)c(C)c2C)C1C.[Cl-].[Cl-].[Cl-].[Ti+4]. The van der Waals surface area contributed by atoms with Crippen molar-refractivity contribution < 1.29 is 58.9 Å². The first-order valence-electron chi connectivity index (χ1n) is 9.67. The molecular weight excluding hydrogens is 459 g/mol. The van der Waals surface area contributed by atoms with Crippen molar-refractivity contribution in [1.29, 1.82) is 0 Å². The van der Waals surface area contributed by atoms with Gasteiger partial charge in [-0.2, -0.15) is 5.20 Å². The minimum absolute atomic E-state index is 0. The molecule has 0 aromatic heterocycles. The van der Waals surface area contributed by atoms with Crippen molar-refractivity contribution >= 4 is 14.7 Å². The summed E-state index contributed by atoms with van der Waals surface area (Å²) in [4.78, 5) is 0. The molecule has 0 saturated heterocycles. The second-order valence-electron chi connectivity index (χ2n) is 7.76. The van der Waals surface area contributed by atoms with Crippen molar-refractivity contribution in [2.75, 3.05) is 0 Å². The van der Waals surface area contributed by atoms with Crippen LogP contribution < -0.4 is 42.4 Å². The van der Waals surface area contributed by atoms with Gasteiger partial charge in [0, 0.05) is 0 Å². The van der Waals surface area contributed by atoms with Gasteiger partial charge in [-0.05, 0) is 62.4 Å². The predicted molar refractivity (Wildman–Crippen MR) is 111 cm³/mol. The van der Waals surface area contributed by atoms with Crippen LogP contribution in [0.3, 0.4) is 0 Å². The number of allylic oxidation sites excluding steroid dienone is 4. The summed E-state index contributed by atoms with van der Waals surface area (Å²) in [5, 5.41) is 3.31. The Balaban J connectivity index is -0.00000156. The molecule has 0 saturated carbocycles. The quantitative estimate of drug-likeness (QED) is 0.217. The number of unbranched alkanes of at least 4 members (excludes halogenated alkanes) is 2. The molecule has 1 aromatic carbocycles. The number of benzene rings is 1. The largest absolute Gasteiger partial charge is 4.00 e. The molecule has 0 fully saturated rings. The molecule has 5 heteroatoms. The minimum atomic E-state index is -0.427. The first kappa shape index (κ1) is 33.1. The van der Waals surface area contributed by atoms with Gasteiger partial charge < -0.3 is 37.2 Å². The van der Waals surface area contributed by atoms with E-state index in [2.05, 4.69) is 61.5 Å². The van der Waals surface area contributed by atoms with Crippen LogP contribution in [0.4, 0.5) is 0 Å². The zero-order chi connectivity index (χ0) is 18.0. The van der Waals surface area contributed by atoms with Gasteiger partial charge in [-0.15, -0.1) is 0 Å². The summed E-state index contributed by atoms with van der Waals surface area (Å²) < 4.78 is 0. The molecule has 0 N–H and O–H groups in total. The van der Waals surface area contributed by atoms with Gasteiger partial charge >= 0.3 is 21.7 Å². The van der Waals surface area contributed by atoms with E-state index >= 15 is 0 Å². The van der Waals surface area contributed by atoms with Gasteiger partial charge in [-0.25, -0.2) is 11.1 Å². The van der Waals surface area contributed by atoms with Crippen LogP contribution >= 0.6 is 0 Å². The Hall–Kier alpha value is 0.501. The van der Waals surface area contributed by atoms with Crippen molar-refractivity contribution in [2.45, 2.75) is 81.1 Å². The molecule has 0 bridgehead atoms. The van der Waals surface area contributed by atoms with Gasteiger partial charge in [0.25, 0.3) is 0 Å². The molecule has 156 valence electrons. The third kappa shape index (κ3) is 7.03. The Morgan fingerprint density at radius 2 is 1.25 bits per heavy atom. The average Bonchev–Trinajstić information content (AvgIpc) is 2.82. The molecule has 2 rings (SSSR count). The molecule has 1 unspecified atom stereocenters. The maximum Gasteiger partial charge on any atom is 4.00 e. The molecule has 0 radical (unpaired) electrons. The normalized spacial score (nSPS) is 15.6. The molecule has 1 aliphatic rings. The van der Waals surface area contributed by atoms with Crippen LogP contribution in [0.2, 0.25) is 0 Å². The molecule has 1 atom stereocenters. The van der Waals surface area contributed by atoms with Crippen LogP contribution in [0, 0.1) is 46.6 Å². The second kappa shape index (κ2) is 14.5. The monoisotopic (exact) mass is 492 g/mol. The molecule has 0 spiro atoms. The summed E-state index contributed by atoms with van der Waals surface area (Å²) >= 11 is 0. The van der Waals surface area contributed by atoms with Gasteiger partial charge in [0.05, 0.1) is 9.52 Å². The van der Waals surface area contributed by atoms with Crippen LogP contribution in [0.5, 0.6) is 0 Å². The zero-order valence-electron chi connectivity index (χ0n) is 18.7. The summed E-state index contributed by atoms with van der Waals surface area (Å²) in [6.07, 6.45) is 9.06. The number of hydrogen-bond donors (Lipinski definition) is 0. The second-order valence-corrected chi connectivity index (χ2v) is 9.58. The zero-order valence-corrected chi connectivity index (χ0v) is 24.0. The maximum atomic E-state index is 3.80. The van der Waals surface area contributed by atoms with E-state index < -0.39 is 9.52 Å². The van der Waals surface area contributed by atoms with Crippen molar-refractivity contribution in [2.24, 2.45) is 5.92 Å². The van der Waals surface area contributed by atoms with Crippen molar-refractivity contribution in [1.82, 2.24) is 0 Å². The third-order valence-corrected chi connectivity index (χ3v) is 9.03. The van der Waals surface area contributed by atoms with Crippen molar-refractivity contribution in [3.05, 3.63) is 50.2 Å². The molecule has 28 heavy (non-hydrogen) atoms. The van der Waals surface area contributed by atoms with E-state index in [-0.39, 0.29) is 58.9 Å². The van der Waals surface area contributed by atoms with Gasteiger partial charge in [0.2, 0.25) is 0 Å². The van der Waals surface area contributed by atoms with E-state index in [0.717, 1.165) is 0 Å². The topological polar surface area (TPSA) is 0 Å². The van der Waals surface area contributed by atoms with E-state index in [0.29, 0.717) is 5.92 Å². The van der Waals surface area contributed by atoms with Crippen LogP contribution in [0.1, 0.15) is 74.3 Å². The van der Waals surface area contributed by atoms with Crippen LogP contribution in [-0.4, -0.2) is 9.52 Å². The Labute approximate surface area is 209 Å². The summed E-state index contributed by atoms with van der Waals surface area (Å²) in [5.41, 5.74) is 10.7. The Morgan fingerprint density at radius 1 is 0.786 bits per heavy atom. The van der Waals surface area contributed by atoms with Crippen molar-refractivity contribution in [3.63, 3.8) is 0 Å². The van der Waals surface area contributed by atoms with E-state index in [4.69, 9.17) is 0 Å². The summed E-state index contributed by atoms with van der Waals surface area (Å²) in [6, 6.07) is 0. The molecule has 0 nitrogen and oxygen atoms in total. The van der Waals surface area contributed by atoms with E-state index in [1.807, 2.05) is 0 Å². The minimum Gasteiger partial charge on any atom is -1.00 e. The smallest absolute Gasteiger partial charge is 1.00 e. The van der Waals surface area contributed by atoms with Gasteiger partial charge in [0.1, 0.15) is 0 Å². The molecule has 0 aliphatic heterocycles. The summed E-state index contributed by atoms with van der Waals surface area (Å²) in [7, 11) is -0.427. The van der Waals surface area contributed by atoms with Gasteiger partial charge in [-0.1, -0.05) is 57.6 Å². The molecule has 1 aliphatic carbocycles. The predicted octanol–water partition coefficient (Wildman–Crippen LogP) is -3.73. The van der Waals surface area contributed by atoms with Crippen LogP contribution in [0.25, 0.3) is 0 Å². The maximum absolute atomic E-state index is 3.80. The fraction of sp³-hybridized carbons (Fsp3) is 0.565. The van der Waals surface area contributed by atoms with Crippen LogP contribution in [0.15, 0.2) is 16.3 Å². The Bertz CT molecular complexity index is 679. The number of rotatable bonds is 6. The molecule has 0 amide bonds. The van der Waals surface area contributed by atoms with E-state index in [9.17, 15) is 0 Å². The first-order valence-corrected chi connectivity index (χ1v) is 11.1. The number of hydrogen-bond acceptors (Lipinski definition) is 0. The molecular formula is C23H35Cl3SiTi. The summed E-state index contributed by atoms with van der Waals surface area (Å²) in [5.74, 6) is 0.634. The third-order valence-electron chi connectivity index (χ3n) is 6.45. The van der Waals surface area contributed by atoms with E-state index in [1.165, 1.54) is 47.9 Å². The average molecular weight is 494 g/mol. The fourth-order valence-electron chi connectivity index (χ4n) is 4.16. The Kier molecular flexibility index (Phi) is 17.2. The van der Waals surface area contributed by atoms with Gasteiger partial charge in [0.15, 0.2) is 0 Å². The fourth-order valence-corrected chi connectivity index (χ4v) is 6.51. The van der Waals surface area contributed by atoms with Crippen LogP contribution in [-0.2, 0) is 21.7 Å². The molecule has 1 aromatic rings. The summed E-state index contributed by atoms with van der Waals surface area (Å²) in [6.45, 7) is 18.5. The van der Waals surface area contributed by atoms with E-state index in [1.54, 1.807) is 27.1 Å².